The Morgan fingerprint density at radius 2 is 2.00 bits per heavy atom. The summed E-state index contributed by atoms with van der Waals surface area (Å²) in [5.41, 5.74) is 1.52. The first-order valence-corrected chi connectivity index (χ1v) is 7.25. The van der Waals surface area contributed by atoms with Gasteiger partial charge in [0.25, 0.3) is 0 Å². The molecule has 1 aliphatic carbocycles. The van der Waals surface area contributed by atoms with Crippen molar-refractivity contribution in [1.82, 2.24) is 0 Å². The number of ketones is 1. The van der Waals surface area contributed by atoms with Crippen molar-refractivity contribution in [2.24, 2.45) is 0 Å². The van der Waals surface area contributed by atoms with Gasteiger partial charge in [0.05, 0.1) is 11.7 Å². The van der Waals surface area contributed by atoms with Crippen LogP contribution in [-0.4, -0.2) is 21.1 Å². The number of carbonyl (C=O) groups is 1. The molecule has 1 atom stereocenters. The Morgan fingerprint density at radius 1 is 1.24 bits per heavy atom. The Kier molecular flexibility index (Phi) is 3.33. The lowest BCUT2D eigenvalue weighted by Crippen LogP contribution is -2.16. The monoisotopic (exact) mass is 286 g/mol. The van der Waals surface area contributed by atoms with Crippen molar-refractivity contribution in [2.75, 3.05) is 0 Å². The molecule has 0 radical (unpaired) electrons. The van der Waals surface area contributed by atoms with Crippen molar-refractivity contribution >= 4 is 16.6 Å². The number of hydrogen-bond donors (Lipinski definition) is 3. The fourth-order valence-electron chi connectivity index (χ4n) is 3.18. The molecule has 0 saturated heterocycles. The molecule has 4 heteroatoms. The van der Waals surface area contributed by atoms with E-state index in [0.717, 1.165) is 12.0 Å². The second-order valence-electron chi connectivity index (χ2n) is 5.62. The maximum atomic E-state index is 12.1. The molecule has 3 N–H and O–H groups in total. The van der Waals surface area contributed by atoms with Crippen LogP contribution in [-0.2, 0) is 6.42 Å². The van der Waals surface area contributed by atoms with Gasteiger partial charge >= 0.3 is 0 Å². The quantitative estimate of drug-likeness (QED) is 0.792. The second kappa shape index (κ2) is 5.04. The Morgan fingerprint density at radius 3 is 2.71 bits per heavy atom. The average Bonchev–Trinajstić information content (AvgIpc) is 2.42. The van der Waals surface area contributed by atoms with E-state index in [9.17, 15) is 20.1 Å². The third-order valence-electron chi connectivity index (χ3n) is 4.11. The summed E-state index contributed by atoms with van der Waals surface area (Å²) in [6.07, 6.45) is 1.44. The SMILES string of the molecule is CCCc1cc(O)cc2cc3c(c(O)c12)C(=O)CCC3O. The van der Waals surface area contributed by atoms with Gasteiger partial charge in [-0.25, -0.2) is 0 Å². The van der Waals surface area contributed by atoms with E-state index in [0.29, 0.717) is 29.2 Å². The molecular weight excluding hydrogens is 268 g/mol. The normalized spacial score (nSPS) is 18.0. The van der Waals surface area contributed by atoms with Crippen LogP contribution in [0.5, 0.6) is 11.5 Å². The fraction of sp³-hybridized carbons (Fsp3) is 0.353. The largest absolute Gasteiger partial charge is 0.508 e. The maximum absolute atomic E-state index is 12.1. The standard InChI is InChI=1S/C17H18O4/c1-2-3-9-6-11(18)7-10-8-12-13(19)4-5-14(20)16(12)17(21)15(9)10/h6-8,13,18-19,21H,2-5H2,1H3. The van der Waals surface area contributed by atoms with Gasteiger partial charge in [-0.15, -0.1) is 0 Å². The molecule has 0 bridgehead atoms. The highest BCUT2D eigenvalue weighted by atomic mass is 16.3. The highest BCUT2D eigenvalue weighted by Crippen LogP contribution is 2.42. The summed E-state index contributed by atoms with van der Waals surface area (Å²) in [5, 5.41) is 31.8. The molecular formula is C17H18O4. The van der Waals surface area contributed by atoms with E-state index >= 15 is 0 Å². The Labute approximate surface area is 122 Å². The molecule has 2 aromatic rings. The van der Waals surface area contributed by atoms with Gasteiger partial charge in [-0.3, -0.25) is 4.79 Å². The number of aromatic hydroxyl groups is 2. The number of phenolic OH excluding ortho intramolecular Hbond substituents is 2. The van der Waals surface area contributed by atoms with E-state index in [4.69, 9.17) is 0 Å². The van der Waals surface area contributed by atoms with Crippen molar-refractivity contribution in [1.29, 1.82) is 0 Å². The van der Waals surface area contributed by atoms with E-state index in [2.05, 4.69) is 0 Å². The number of hydrogen-bond acceptors (Lipinski definition) is 4. The summed E-state index contributed by atoms with van der Waals surface area (Å²) in [7, 11) is 0. The van der Waals surface area contributed by atoms with Gasteiger partial charge in [-0.1, -0.05) is 13.3 Å². The van der Waals surface area contributed by atoms with E-state index in [-0.39, 0.29) is 29.3 Å². The molecule has 0 heterocycles. The van der Waals surface area contributed by atoms with Crippen molar-refractivity contribution in [3.05, 3.63) is 34.9 Å². The van der Waals surface area contributed by atoms with Crippen LogP contribution >= 0.6 is 0 Å². The summed E-state index contributed by atoms with van der Waals surface area (Å²) in [6.45, 7) is 2.01. The highest BCUT2D eigenvalue weighted by molar-refractivity contribution is 6.08. The number of aryl methyl sites for hydroxylation is 1. The third-order valence-corrected chi connectivity index (χ3v) is 4.11. The Bertz CT molecular complexity index is 733. The maximum Gasteiger partial charge on any atom is 0.167 e. The van der Waals surface area contributed by atoms with Crippen LogP contribution in [0.15, 0.2) is 18.2 Å². The van der Waals surface area contributed by atoms with Gasteiger partial charge in [-0.2, -0.15) is 0 Å². The number of aliphatic hydroxyl groups is 1. The van der Waals surface area contributed by atoms with Gasteiger partial charge in [0.1, 0.15) is 11.5 Å². The smallest absolute Gasteiger partial charge is 0.167 e. The van der Waals surface area contributed by atoms with E-state index < -0.39 is 6.10 Å². The molecule has 4 nitrogen and oxygen atoms in total. The molecule has 0 amide bonds. The molecule has 21 heavy (non-hydrogen) atoms. The zero-order valence-corrected chi connectivity index (χ0v) is 11.9. The van der Waals surface area contributed by atoms with E-state index in [1.807, 2.05) is 6.92 Å². The summed E-state index contributed by atoms with van der Waals surface area (Å²) in [4.78, 5) is 12.1. The lowest BCUT2D eigenvalue weighted by molar-refractivity contribution is 0.0893. The number of phenols is 2. The average molecular weight is 286 g/mol. The molecule has 3 rings (SSSR count). The van der Waals surface area contributed by atoms with Crippen LogP contribution in [0.25, 0.3) is 10.8 Å². The lowest BCUT2D eigenvalue weighted by atomic mass is 9.84. The first-order valence-electron chi connectivity index (χ1n) is 7.25. The Hall–Kier alpha value is -2.07. The summed E-state index contributed by atoms with van der Waals surface area (Å²) < 4.78 is 0. The van der Waals surface area contributed by atoms with Crippen molar-refractivity contribution in [2.45, 2.75) is 38.7 Å². The lowest BCUT2D eigenvalue weighted by Gasteiger charge is -2.23. The van der Waals surface area contributed by atoms with Crippen LogP contribution in [0.1, 0.15) is 53.8 Å². The minimum Gasteiger partial charge on any atom is -0.508 e. The number of aliphatic hydroxyl groups excluding tert-OH is 1. The van der Waals surface area contributed by atoms with Gasteiger partial charge in [0.15, 0.2) is 5.78 Å². The predicted octanol–water partition coefficient (Wildman–Crippen LogP) is 3.21. The number of rotatable bonds is 2. The van der Waals surface area contributed by atoms with E-state index in [1.54, 1.807) is 18.2 Å². The van der Waals surface area contributed by atoms with Gasteiger partial charge in [0.2, 0.25) is 0 Å². The zero-order valence-electron chi connectivity index (χ0n) is 11.9. The van der Waals surface area contributed by atoms with Crippen LogP contribution in [0.3, 0.4) is 0 Å². The number of benzene rings is 2. The van der Waals surface area contributed by atoms with Crippen LogP contribution in [0, 0.1) is 0 Å². The van der Waals surface area contributed by atoms with E-state index in [1.165, 1.54) is 0 Å². The summed E-state index contributed by atoms with van der Waals surface area (Å²) in [6, 6.07) is 4.90. The fourth-order valence-corrected chi connectivity index (χ4v) is 3.18. The van der Waals surface area contributed by atoms with Crippen LogP contribution in [0.2, 0.25) is 0 Å². The first kappa shape index (κ1) is 13.9. The molecule has 0 spiro atoms. The topological polar surface area (TPSA) is 77.8 Å². The molecule has 110 valence electrons. The molecule has 0 aliphatic heterocycles. The van der Waals surface area contributed by atoms with Crippen LogP contribution in [0.4, 0.5) is 0 Å². The summed E-state index contributed by atoms with van der Waals surface area (Å²) >= 11 is 0. The molecule has 1 unspecified atom stereocenters. The molecule has 2 aromatic carbocycles. The van der Waals surface area contributed by atoms with Gasteiger partial charge < -0.3 is 15.3 Å². The van der Waals surface area contributed by atoms with Crippen LogP contribution < -0.4 is 0 Å². The van der Waals surface area contributed by atoms with Crippen molar-refractivity contribution < 1.29 is 20.1 Å². The molecule has 1 aliphatic rings. The molecule has 0 saturated carbocycles. The van der Waals surface area contributed by atoms with Gasteiger partial charge in [-0.05, 0) is 47.6 Å². The summed E-state index contributed by atoms with van der Waals surface area (Å²) in [5.74, 6) is -0.0677. The Balaban J connectivity index is 2.39. The highest BCUT2D eigenvalue weighted by Gasteiger charge is 2.29. The second-order valence-corrected chi connectivity index (χ2v) is 5.62. The van der Waals surface area contributed by atoms with Crippen molar-refractivity contribution in [3.63, 3.8) is 0 Å². The van der Waals surface area contributed by atoms with Gasteiger partial charge in [0, 0.05) is 11.8 Å². The predicted molar refractivity (Wildman–Crippen MR) is 79.8 cm³/mol. The van der Waals surface area contributed by atoms with Crippen molar-refractivity contribution in [3.8, 4) is 11.5 Å². The minimum atomic E-state index is -0.745. The number of fused-ring (bicyclic) bond motifs is 2. The molecule has 0 aromatic heterocycles. The number of Topliss-reactive ketones (excluding diaryl/α,β-unsaturated/α-hetero) is 1. The first-order chi connectivity index (χ1) is 10.0. The number of carbonyl (C=O) groups excluding carboxylic acids is 1. The molecule has 0 fully saturated rings. The third kappa shape index (κ3) is 2.16. The minimum absolute atomic E-state index is 0.0605. The zero-order chi connectivity index (χ0) is 15.1.